The lowest BCUT2D eigenvalue weighted by Gasteiger charge is -2.08. The number of aromatic nitrogens is 1. The van der Waals surface area contributed by atoms with Crippen LogP contribution in [0.4, 0.5) is 0 Å². The summed E-state index contributed by atoms with van der Waals surface area (Å²) >= 11 is 1.65. The molecule has 0 spiro atoms. The normalized spacial score (nSPS) is 12.8. The van der Waals surface area contributed by atoms with Gasteiger partial charge < -0.3 is 10.8 Å². The number of nitrogens with zero attached hydrogens (tertiary/aromatic N) is 1. The van der Waals surface area contributed by atoms with E-state index < -0.39 is 0 Å². The number of pyridine rings is 1. The molecule has 1 heterocycles. The van der Waals surface area contributed by atoms with Gasteiger partial charge in [-0.3, -0.25) is 0 Å². The highest BCUT2D eigenvalue weighted by Gasteiger charge is 2.05. The zero-order chi connectivity index (χ0) is 10.4. The Hall–Kier alpha value is -0.580. The SMILES string of the molecule is CC(CO)CSc1ncccc1CN. The number of nitrogens with two attached hydrogens (primary N) is 1. The Kier molecular flexibility index (Phi) is 4.93. The van der Waals surface area contributed by atoms with Crippen molar-refractivity contribution < 1.29 is 5.11 Å². The highest BCUT2D eigenvalue weighted by atomic mass is 32.2. The molecule has 4 heteroatoms. The Morgan fingerprint density at radius 3 is 3.07 bits per heavy atom. The number of aliphatic hydroxyl groups is 1. The van der Waals surface area contributed by atoms with E-state index >= 15 is 0 Å². The van der Waals surface area contributed by atoms with Crippen molar-refractivity contribution in [3.63, 3.8) is 0 Å². The molecule has 0 bridgehead atoms. The predicted octanol–water partition coefficient (Wildman–Crippen LogP) is 1.26. The second-order valence-corrected chi connectivity index (χ2v) is 4.28. The van der Waals surface area contributed by atoms with Crippen LogP contribution in [0.5, 0.6) is 0 Å². The monoisotopic (exact) mass is 212 g/mol. The lowest BCUT2D eigenvalue weighted by molar-refractivity contribution is 0.250. The molecule has 0 aliphatic heterocycles. The highest BCUT2D eigenvalue weighted by Crippen LogP contribution is 2.21. The molecule has 78 valence electrons. The van der Waals surface area contributed by atoms with Crippen LogP contribution in [-0.2, 0) is 6.54 Å². The molecule has 3 N–H and O–H groups in total. The summed E-state index contributed by atoms with van der Waals surface area (Å²) in [4.78, 5) is 4.26. The predicted molar refractivity (Wildman–Crippen MR) is 59.1 cm³/mol. The van der Waals surface area contributed by atoms with E-state index in [1.54, 1.807) is 18.0 Å². The third kappa shape index (κ3) is 3.29. The minimum atomic E-state index is 0.220. The van der Waals surface area contributed by atoms with Crippen molar-refractivity contribution in [1.82, 2.24) is 4.98 Å². The van der Waals surface area contributed by atoms with Crippen LogP contribution in [-0.4, -0.2) is 22.5 Å². The second kappa shape index (κ2) is 6.01. The average molecular weight is 212 g/mol. The third-order valence-corrected chi connectivity index (χ3v) is 3.26. The number of aliphatic hydroxyl groups excluding tert-OH is 1. The second-order valence-electron chi connectivity index (χ2n) is 3.27. The maximum atomic E-state index is 8.88. The lowest BCUT2D eigenvalue weighted by atomic mass is 10.2. The zero-order valence-electron chi connectivity index (χ0n) is 8.31. The maximum Gasteiger partial charge on any atom is 0.100 e. The van der Waals surface area contributed by atoms with Crippen molar-refractivity contribution in [3.05, 3.63) is 23.9 Å². The Labute approximate surface area is 88.7 Å². The summed E-state index contributed by atoms with van der Waals surface area (Å²) in [6.45, 7) is 2.75. The van der Waals surface area contributed by atoms with Crippen LogP contribution in [0, 0.1) is 5.92 Å². The molecule has 0 aliphatic carbocycles. The van der Waals surface area contributed by atoms with E-state index in [9.17, 15) is 0 Å². The number of hydrogen-bond acceptors (Lipinski definition) is 4. The van der Waals surface area contributed by atoms with Gasteiger partial charge in [0.15, 0.2) is 0 Å². The Bertz CT molecular complexity index is 281. The molecule has 0 radical (unpaired) electrons. The van der Waals surface area contributed by atoms with E-state index in [0.717, 1.165) is 16.3 Å². The van der Waals surface area contributed by atoms with E-state index in [-0.39, 0.29) is 6.61 Å². The average Bonchev–Trinajstić information content (AvgIpc) is 2.26. The molecule has 1 aromatic rings. The summed E-state index contributed by atoms with van der Waals surface area (Å²) in [5.41, 5.74) is 6.66. The Morgan fingerprint density at radius 1 is 1.64 bits per heavy atom. The van der Waals surface area contributed by atoms with Gasteiger partial charge in [0.25, 0.3) is 0 Å². The van der Waals surface area contributed by atoms with Gasteiger partial charge in [-0.25, -0.2) is 4.98 Å². The molecular weight excluding hydrogens is 196 g/mol. The van der Waals surface area contributed by atoms with Crippen molar-refractivity contribution in [1.29, 1.82) is 0 Å². The molecule has 1 aromatic heterocycles. The maximum absolute atomic E-state index is 8.88. The summed E-state index contributed by atoms with van der Waals surface area (Å²) in [5.74, 6) is 1.17. The number of hydrogen-bond donors (Lipinski definition) is 2. The van der Waals surface area contributed by atoms with Crippen LogP contribution in [0.25, 0.3) is 0 Å². The largest absolute Gasteiger partial charge is 0.396 e. The number of thioether (sulfide) groups is 1. The fourth-order valence-electron chi connectivity index (χ4n) is 0.983. The van der Waals surface area contributed by atoms with E-state index in [1.807, 2.05) is 19.1 Å². The van der Waals surface area contributed by atoms with E-state index in [0.29, 0.717) is 12.5 Å². The van der Waals surface area contributed by atoms with Gasteiger partial charge in [0, 0.05) is 25.1 Å². The molecule has 1 rings (SSSR count). The first-order valence-electron chi connectivity index (χ1n) is 4.65. The topological polar surface area (TPSA) is 59.1 Å². The van der Waals surface area contributed by atoms with E-state index in [4.69, 9.17) is 10.8 Å². The summed E-state index contributed by atoms with van der Waals surface area (Å²) in [6, 6.07) is 3.88. The minimum Gasteiger partial charge on any atom is -0.396 e. The molecule has 14 heavy (non-hydrogen) atoms. The Morgan fingerprint density at radius 2 is 2.43 bits per heavy atom. The van der Waals surface area contributed by atoms with Gasteiger partial charge in [-0.1, -0.05) is 13.0 Å². The van der Waals surface area contributed by atoms with Crippen molar-refractivity contribution in [3.8, 4) is 0 Å². The summed E-state index contributed by atoms with van der Waals surface area (Å²) in [7, 11) is 0. The molecule has 3 nitrogen and oxygen atoms in total. The molecule has 0 aromatic carbocycles. The van der Waals surface area contributed by atoms with Gasteiger partial charge in [-0.2, -0.15) is 0 Å². The third-order valence-electron chi connectivity index (χ3n) is 1.89. The van der Waals surface area contributed by atoms with E-state index in [1.165, 1.54) is 0 Å². The number of rotatable bonds is 5. The standard InChI is InChI=1S/C10H16N2OS/c1-8(6-13)7-14-10-9(5-11)3-2-4-12-10/h2-4,8,13H,5-7,11H2,1H3. The quantitative estimate of drug-likeness (QED) is 0.721. The van der Waals surface area contributed by atoms with Crippen LogP contribution in [0.15, 0.2) is 23.4 Å². The Balaban J connectivity index is 2.57. The van der Waals surface area contributed by atoms with Gasteiger partial charge >= 0.3 is 0 Å². The van der Waals surface area contributed by atoms with Crippen LogP contribution in [0.3, 0.4) is 0 Å². The highest BCUT2D eigenvalue weighted by molar-refractivity contribution is 7.99. The van der Waals surface area contributed by atoms with Crippen LogP contribution < -0.4 is 5.73 Å². The lowest BCUT2D eigenvalue weighted by Crippen LogP contribution is -2.05. The fraction of sp³-hybridized carbons (Fsp3) is 0.500. The fourth-order valence-corrected chi connectivity index (χ4v) is 2.00. The molecule has 0 aliphatic rings. The van der Waals surface area contributed by atoms with Gasteiger partial charge in [0.05, 0.1) is 0 Å². The van der Waals surface area contributed by atoms with Crippen LogP contribution >= 0.6 is 11.8 Å². The first-order valence-corrected chi connectivity index (χ1v) is 5.64. The van der Waals surface area contributed by atoms with Crippen LogP contribution in [0.1, 0.15) is 12.5 Å². The van der Waals surface area contributed by atoms with Crippen molar-refractivity contribution >= 4 is 11.8 Å². The molecular formula is C10H16N2OS. The summed E-state index contributed by atoms with van der Waals surface area (Å²) < 4.78 is 0. The van der Waals surface area contributed by atoms with Crippen molar-refractivity contribution in [2.24, 2.45) is 11.7 Å². The molecule has 0 saturated heterocycles. The van der Waals surface area contributed by atoms with Gasteiger partial charge in [-0.05, 0) is 17.5 Å². The first-order chi connectivity index (χ1) is 6.77. The van der Waals surface area contributed by atoms with E-state index in [2.05, 4.69) is 4.98 Å². The van der Waals surface area contributed by atoms with Gasteiger partial charge in [0.2, 0.25) is 0 Å². The van der Waals surface area contributed by atoms with Crippen molar-refractivity contribution in [2.45, 2.75) is 18.5 Å². The zero-order valence-corrected chi connectivity index (χ0v) is 9.13. The molecule has 1 unspecified atom stereocenters. The summed E-state index contributed by atoms with van der Waals surface area (Å²) in [5, 5.41) is 9.86. The minimum absolute atomic E-state index is 0.220. The molecule has 1 atom stereocenters. The molecule has 0 fully saturated rings. The molecule has 0 saturated carbocycles. The van der Waals surface area contributed by atoms with Crippen LogP contribution in [0.2, 0.25) is 0 Å². The smallest absolute Gasteiger partial charge is 0.100 e. The summed E-state index contributed by atoms with van der Waals surface area (Å²) in [6.07, 6.45) is 1.77. The van der Waals surface area contributed by atoms with Gasteiger partial charge in [0.1, 0.15) is 5.03 Å². The molecule has 0 amide bonds. The first kappa shape index (κ1) is 11.5. The van der Waals surface area contributed by atoms with Crippen molar-refractivity contribution in [2.75, 3.05) is 12.4 Å². The van der Waals surface area contributed by atoms with Gasteiger partial charge in [-0.15, -0.1) is 11.8 Å².